The van der Waals surface area contributed by atoms with Crippen LogP contribution in [0.1, 0.15) is 0 Å². The van der Waals surface area contributed by atoms with Crippen molar-refractivity contribution < 1.29 is 4.42 Å². The second-order valence-electron chi connectivity index (χ2n) is 16.1. The predicted molar refractivity (Wildman–Crippen MR) is 260 cm³/mol. The number of nitrogens with zero attached hydrogens (tertiary/aromatic N) is 3. The zero-order chi connectivity index (χ0) is 40.7. The summed E-state index contributed by atoms with van der Waals surface area (Å²) in [5.74, 6) is 0. The molecule has 0 aliphatic heterocycles. The Morgan fingerprint density at radius 2 is 0.823 bits per heavy atom. The van der Waals surface area contributed by atoms with E-state index in [2.05, 4.69) is 226 Å². The van der Waals surface area contributed by atoms with Crippen LogP contribution in [0.3, 0.4) is 0 Å². The van der Waals surface area contributed by atoms with Crippen molar-refractivity contribution in [1.29, 1.82) is 0 Å². The molecule has 0 aliphatic rings. The van der Waals surface area contributed by atoms with Crippen LogP contribution in [-0.4, -0.2) is 9.13 Å². The number of para-hydroxylation sites is 4. The second-order valence-corrected chi connectivity index (χ2v) is 16.1. The topological polar surface area (TPSA) is 26.2 Å². The number of benzene rings is 10. The summed E-state index contributed by atoms with van der Waals surface area (Å²) in [5, 5.41) is 9.70. The molecule has 62 heavy (non-hydrogen) atoms. The van der Waals surface area contributed by atoms with Crippen LogP contribution in [0, 0.1) is 0 Å². The molecule has 13 rings (SSSR count). The lowest BCUT2D eigenvalue weighted by Gasteiger charge is -2.26. The molecule has 10 aromatic carbocycles. The Morgan fingerprint density at radius 1 is 0.306 bits per heavy atom. The van der Waals surface area contributed by atoms with Crippen LogP contribution in [0.4, 0.5) is 17.1 Å². The highest BCUT2D eigenvalue weighted by molar-refractivity contribution is 6.18. The van der Waals surface area contributed by atoms with Crippen LogP contribution < -0.4 is 4.90 Å². The maximum Gasteiger partial charge on any atom is 0.137 e. The number of furan rings is 1. The Hall–Kier alpha value is -8.34. The van der Waals surface area contributed by atoms with Crippen molar-refractivity contribution in [3.63, 3.8) is 0 Å². The summed E-state index contributed by atoms with van der Waals surface area (Å²) in [6, 6.07) is 80.9. The third kappa shape index (κ3) is 5.27. The first-order valence-corrected chi connectivity index (χ1v) is 21.2. The van der Waals surface area contributed by atoms with Gasteiger partial charge in [0.15, 0.2) is 0 Å². The highest BCUT2D eigenvalue weighted by atomic mass is 16.3. The summed E-state index contributed by atoms with van der Waals surface area (Å²) in [6.07, 6.45) is 0. The van der Waals surface area contributed by atoms with Gasteiger partial charge in [-0.15, -0.1) is 0 Å². The highest BCUT2D eigenvalue weighted by Crippen LogP contribution is 2.43. The van der Waals surface area contributed by atoms with E-state index in [-0.39, 0.29) is 0 Å². The third-order valence-corrected chi connectivity index (χ3v) is 12.7. The summed E-state index contributed by atoms with van der Waals surface area (Å²) in [7, 11) is 0. The smallest absolute Gasteiger partial charge is 0.137 e. The van der Waals surface area contributed by atoms with Gasteiger partial charge in [-0.2, -0.15) is 0 Å². The average molecular weight is 792 g/mol. The van der Waals surface area contributed by atoms with E-state index in [1.165, 1.54) is 48.9 Å². The SMILES string of the molecule is c1ccc(-n2c3ccccc3c3ccc(N(c4ccc(-c5ccc(-n6c7ccccc7c7ccc8ccccc8c76)cc5)cc4)c4ccc5c(c4)oc4ccccc45)cc32)cc1. The van der Waals surface area contributed by atoms with Gasteiger partial charge >= 0.3 is 0 Å². The number of fused-ring (bicyclic) bond motifs is 11. The fourth-order valence-electron chi connectivity index (χ4n) is 9.86. The first-order chi connectivity index (χ1) is 30.7. The van der Waals surface area contributed by atoms with Gasteiger partial charge in [0.2, 0.25) is 0 Å². The van der Waals surface area contributed by atoms with E-state index in [1.54, 1.807) is 0 Å². The number of hydrogen-bond donors (Lipinski definition) is 0. The van der Waals surface area contributed by atoms with E-state index in [9.17, 15) is 0 Å². The zero-order valence-corrected chi connectivity index (χ0v) is 33.6. The molecule has 0 atom stereocenters. The van der Waals surface area contributed by atoms with Gasteiger partial charge < -0.3 is 18.5 Å². The van der Waals surface area contributed by atoms with E-state index >= 15 is 0 Å². The van der Waals surface area contributed by atoms with Gasteiger partial charge in [-0.3, -0.25) is 0 Å². The molecule has 0 bridgehead atoms. The Balaban J connectivity index is 0.936. The highest BCUT2D eigenvalue weighted by Gasteiger charge is 2.20. The fraction of sp³-hybridized carbons (Fsp3) is 0. The molecule has 4 nitrogen and oxygen atoms in total. The monoisotopic (exact) mass is 791 g/mol. The van der Waals surface area contributed by atoms with E-state index in [1.807, 2.05) is 12.1 Å². The Morgan fingerprint density at radius 3 is 1.60 bits per heavy atom. The van der Waals surface area contributed by atoms with Gasteiger partial charge in [0, 0.05) is 72.2 Å². The molecule has 290 valence electrons. The largest absolute Gasteiger partial charge is 0.456 e. The Bertz CT molecular complexity index is 3850. The number of hydrogen-bond acceptors (Lipinski definition) is 2. The molecular weight excluding hydrogens is 755 g/mol. The van der Waals surface area contributed by atoms with Gasteiger partial charge in [0.25, 0.3) is 0 Å². The summed E-state index contributed by atoms with van der Waals surface area (Å²) < 4.78 is 11.3. The summed E-state index contributed by atoms with van der Waals surface area (Å²) in [6.45, 7) is 0. The quantitative estimate of drug-likeness (QED) is 0.168. The number of aromatic nitrogens is 2. The molecular formula is C58H37N3O. The molecule has 0 aliphatic carbocycles. The van der Waals surface area contributed by atoms with Crippen molar-refractivity contribution >= 4 is 93.4 Å². The van der Waals surface area contributed by atoms with E-state index in [0.717, 1.165) is 67.0 Å². The summed E-state index contributed by atoms with van der Waals surface area (Å²) in [4.78, 5) is 2.35. The fourth-order valence-corrected chi connectivity index (χ4v) is 9.86. The van der Waals surface area contributed by atoms with Crippen LogP contribution in [0.25, 0.3) is 98.8 Å². The van der Waals surface area contributed by atoms with Crippen LogP contribution >= 0.6 is 0 Å². The third-order valence-electron chi connectivity index (χ3n) is 12.7. The predicted octanol–water partition coefficient (Wildman–Crippen LogP) is 16.1. The van der Waals surface area contributed by atoms with Gasteiger partial charge in [-0.1, -0.05) is 140 Å². The van der Waals surface area contributed by atoms with Crippen molar-refractivity contribution in [2.45, 2.75) is 0 Å². The molecule has 4 heteroatoms. The molecule has 0 saturated heterocycles. The van der Waals surface area contributed by atoms with Gasteiger partial charge in [-0.25, -0.2) is 0 Å². The molecule has 0 fully saturated rings. The number of anilines is 3. The van der Waals surface area contributed by atoms with Gasteiger partial charge in [-0.05, 0) is 95.4 Å². The van der Waals surface area contributed by atoms with Crippen LogP contribution in [-0.2, 0) is 0 Å². The Kier molecular flexibility index (Phi) is 7.57. The van der Waals surface area contributed by atoms with Crippen molar-refractivity contribution in [2.24, 2.45) is 0 Å². The molecule has 0 spiro atoms. The first-order valence-electron chi connectivity index (χ1n) is 21.2. The maximum absolute atomic E-state index is 6.45. The van der Waals surface area contributed by atoms with Crippen LogP contribution in [0.5, 0.6) is 0 Å². The van der Waals surface area contributed by atoms with Crippen molar-refractivity contribution in [3.8, 4) is 22.5 Å². The molecule has 0 amide bonds. The molecule has 0 unspecified atom stereocenters. The van der Waals surface area contributed by atoms with Gasteiger partial charge in [0.1, 0.15) is 11.2 Å². The Labute approximate surface area is 357 Å². The van der Waals surface area contributed by atoms with Crippen molar-refractivity contribution in [2.75, 3.05) is 4.90 Å². The van der Waals surface area contributed by atoms with Gasteiger partial charge in [0.05, 0.1) is 22.1 Å². The maximum atomic E-state index is 6.45. The molecule has 0 N–H and O–H groups in total. The lowest BCUT2D eigenvalue weighted by Crippen LogP contribution is -2.10. The zero-order valence-electron chi connectivity index (χ0n) is 33.6. The van der Waals surface area contributed by atoms with E-state index < -0.39 is 0 Å². The first kappa shape index (κ1) is 34.5. The van der Waals surface area contributed by atoms with Crippen LogP contribution in [0.2, 0.25) is 0 Å². The summed E-state index contributed by atoms with van der Waals surface area (Å²) in [5.41, 5.74) is 14.3. The van der Waals surface area contributed by atoms with E-state index in [0.29, 0.717) is 0 Å². The second kappa shape index (κ2) is 13.6. The average Bonchev–Trinajstić information content (AvgIpc) is 4.00. The molecule has 0 radical (unpaired) electrons. The van der Waals surface area contributed by atoms with Crippen LogP contribution in [0.15, 0.2) is 229 Å². The summed E-state index contributed by atoms with van der Waals surface area (Å²) >= 11 is 0. The lowest BCUT2D eigenvalue weighted by molar-refractivity contribution is 0.669. The van der Waals surface area contributed by atoms with E-state index in [4.69, 9.17) is 4.42 Å². The standard InChI is InChI=1S/C58H37N3O/c1-2-13-41(14-3-1)60-53-19-9-6-16-47(53)49-34-31-44(36-55(49)60)59(45-32-35-51-50-18-8-11-21-56(50)62-57(51)37-45)42-27-22-38(23-28-42)39-24-29-43(30-25-39)61-54-20-10-7-17-48(54)52-33-26-40-12-4-5-15-46(40)58(52)61/h1-37H. The normalized spacial score (nSPS) is 11.9. The minimum absolute atomic E-state index is 0.862. The molecule has 13 aromatic rings. The lowest BCUT2D eigenvalue weighted by atomic mass is 10.0. The van der Waals surface area contributed by atoms with Crippen molar-refractivity contribution in [1.82, 2.24) is 9.13 Å². The molecule has 3 aromatic heterocycles. The molecule has 0 saturated carbocycles. The minimum atomic E-state index is 0.862. The molecule has 3 heterocycles. The number of rotatable bonds is 6. The minimum Gasteiger partial charge on any atom is -0.456 e. The van der Waals surface area contributed by atoms with Crippen molar-refractivity contribution in [3.05, 3.63) is 224 Å².